The van der Waals surface area contributed by atoms with Crippen LogP contribution < -0.4 is 9.47 Å². The van der Waals surface area contributed by atoms with E-state index >= 15 is 0 Å². The molecular formula is C17H16O2P2. The second kappa shape index (κ2) is 8.42. The Hall–Kier alpha value is -1.88. The van der Waals surface area contributed by atoms with Gasteiger partial charge in [0.25, 0.3) is 0 Å². The van der Waals surface area contributed by atoms with Crippen molar-refractivity contribution in [1.82, 2.24) is 0 Å². The molecule has 0 saturated heterocycles. The lowest BCUT2D eigenvalue weighted by atomic mass is 10.3. The molecule has 4 heteroatoms. The van der Waals surface area contributed by atoms with E-state index in [4.69, 9.17) is 9.47 Å². The zero-order chi connectivity index (χ0) is 14.9. The molecule has 0 aliphatic heterocycles. The number of hydrogen-bond acceptors (Lipinski definition) is 2. The van der Waals surface area contributed by atoms with Crippen molar-refractivity contribution in [3.05, 3.63) is 84.6 Å². The SMILES string of the molecule is C=C(/C=C\C=C/P)Oc1ccccc1Oc1ccccp1. The van der Waals surface area contributed by atoms with Gasteiger partial charge in [-0.05, 0) is 38.3 Å². The van der Waals surface area contributed by atoms with E-state index in [1.807, 2.05) is 66.2 Å². The van der Waals surface area contributed by atoms with E-state index in [2.05, 4.69) is 15.8 Å². The Bertz CT molecular complexity index is 649. The Morgan fingerprint density at radius 2 is 1.81 bits per heavy atom. The van der Waals surface area contributed by atoms with Crippen LogP contribution in [0.4, 0.5) is 0 Å². The van der Waals surface area contributed by atoms with Crippen LogP contribution in [-0.2, 0) is 0 Å². The van der Waals surface area contributed by atoms with Crippen LogP contribution in [0.25, 0.3) is 0 Å². The lowest BCUT2D eigenvalue weighted by Gasteiger charge is -2.11. The van der Waals surface area contributed by atoms with Gasteiger partial charge in [-0.25, -0.2) is 0 Å². The molecule has 1 heterocycles. The molecule has 1 aromatic carbocycles. The predicted molar refractivity (Wildman–Crippen MR) is 93.2 cm³/mol. The van der Waals surface area contributed by atoms with Crippen molar-refractivity contribution in [2.24, 2.45) is 0 Å². The molecule has 2 nitrogen and oxygen atoms in total. The highest BCUT2D eigenvalue weighted by molar-refractivity contribution is 7.31. The van der Waals surface area contributed by atoms with E-state index in [9.17, 15) is 0 Å². The van der Waals surface area contributed by atoms with Crippen LogP contribution >= 0.6 is 17.4 Å². The molecule has 0 radical (unpaired) electrons. The van der Waals surface area contributed by atoms with Gasteiger partial charge in [0.15, 0.2) is 17.0 Å². The molecule has 1 aromatic heterocycles. The number of allylic oxidation sites excluding steroid dienone is 3. The predicted octanol–water partition coefficient (Wildman–Crippen LogP) is 5.90. The maximum absolute atomic E-state index is 5.87. The Labute approximate surface area is 129 Å². The van der Waals surface area contributed by atoms with Crippen LogP contribution in [0.15, 0.2) is 84.6 Å². The van der Waals surface area contributed by atoms with Gasteiger partial charge in [-0.15, -0.1) is 9.24 Å². The Kier molecular flexibility index (Phi) is 6.22. The topological polar surface area (TPSA) is 18.5 Å². The van der Waals surface area contributed by atoms with Crippen LogP contribution in [-0.4, -0.2) is 0 Å². The van der Waals surface area contributed by atoms with Crippen molar-refractivity contribution < 1.29 is 9.47 Å². The third kappa shape index (κ3) is 5.19. The van der Waals surface area contributed by atoms with Gasteiger partial charge < -0.3 is 9.47 Å². The fourth-order valence-electron chi connectivity index (χ4n) is 1.54. The highest BCUT2D eigenvalue weighted by Crippen LogP contribution is 2.35. The molecule has 0 saturated carbocycles. The van der Waals surface area contributed by atoms with Crippen molar-refractivity contribution in [3.63, 3.8) is 0 Å². The molecule has 21 heavy (non-hydrogen) atoms. The average Bonchev–Trinajstić information content (AvgIpc) is 2.51. The number of hydrogen-bond donors (Lipinski definition) is 0. The van der Waals surface area contributed by atoms with Crippen LogP contribution in [0.5, 0.6) is 17.0 Å². The highest BCUT2D eigenvalue weighted by atomic mass is 31.0. The number of benzene rings is 1. The lowest BCUT2D eigenvalue weighted by molar-refractivity contribution is 0.404. The third-order valence-electron chi connectivity index (χ3n) is 2.45. The molecule has 1 atom stereocenters. The quantitative estimate of drug-likeness (QED) is 0.375. The second-order valence-corrected chi connectivity index (χ2v) is 5.41. The number of ether oxygens (including phenoxy) is 2. The maximum atomic E-state index is 5.87. The fourth-order valence-corrected chi connectivity index (χ4v) is 2.33. The number of rotatable bonds is 6. The van der Waals surface area contributed by atoms with Gasteiger partial charge >= 0.3 is 0 Å². The first kappa shape index (κ1) is 15.5. The normalized spacial score (nSPS) is 11.3. The van der Waals surface area contributed by atoms with Crippen LogP contribution in [0.2, 0.25) is 0 Å². The van der Waals surface area contributed by atoms with Crippen LogP contribution in [0, 0.1) is 0 Å². The minimum Gasteiger partial charge on any atom is -0.454 e. The highest BCUT2D eigenvalue weighted by Gasteiger charge is 2.06. The monoisotopic (exact) mass is 314 g/mol. The first-order valence-electron chi connectivity index (χ1n) is 6.39. The van der Waals surface area contributed by atoms with E-state index in [1.165, 1.54) is 0 Å². The van der Waals surface area contributed by atoms with Gasteiger partial charge in [0.1, 0.15) is 5.76 Å². The first-order chi connectivity index (χ1) is 10.3. The summed E-state index contributed by atoms with van der Waals surface area (Å²) in [5, 5.41) is 0. The number of para-hydroxylation sites is 2. The van der Waals surface area contributed by atoms with Crippen molar-refractivity contribution in [2.75, 3.05) is 0 Å². The van der Waals surface area contributed by atoms with Gasteiger partial charge in [-0.3, -0.25) is 0 Å². The molecule has 2 aromatic rings. The molecular weight excluding hydrogens is 298 g/mol. The minimum atomic E-state index is 0.552. The molecule has 0 N–H and O–H groups in total. The third-order valence-corrected chi connectivity index (χ3v) is 3.49. The van der Waals surface area contributed by atoms with Crippen LogP contribution in [0.1, 0.15) is 0 Å². The van der Waals surface area contributed by atoms with E-state index < -0.39 is 0 Å². The minimum absolute atomic E-state index is 0.552. The van der Waals surface area contributed by atoms with E-state index in [1.54, 1.807) is 6.08 Å². The molecule has 0 spiro atoms. The van der Waals surface area contributed by atoms with Crippen LogP contribution in [0.3, 0.4) is 0 Å². The average molecular weight is 314 g/mol. The van der Waals surface area contributed by atoms with Gasteiger partial charge in [0.2, 0.25) is 0 Å². The van der Waals surface area contributed by atoms with Crippen molar-refractivity contribution in [2.45, 2.75) is 0 Å². The summed E-state index contributed by atoms with van der Waals surface area (Å²) in [6, 6.07) is 13.4. The molecule has 0 aliphatic carbocycles. The molecule has 1 unspecified atom stereocenters. The summed E-state index contributed by atoms with van der Waals surface area (Å²) in [7, 11) is 3.54. The Morgan fingerprint density at radius 1 is 1.05 bits per heavy atom. The standard InChI is InChI=1S/C17H16O2P2/c1-14(8-4-6-12-20)18-15-9-2-3-10-16(15)19-17-11-5-7-13-21-17/h2-13H,1,20H2/b8-4-,12-6-. The van der Waals surface area contributed by atoms with E-state index in [0.29, 0.717) is 17.3 Å². The lowest BCUT2D eigenvalue weighted by Crippen LogP contribution is -1.93. The van der Waals surface area contributed by atoms with Crippen molar-refractivity contribution >= 4 is 17.4 Å². The second-order valence-electron chi connectivity index (χ2n) is 4.03. The fraction of sp³-hybridized carbons (Fsp3) is 0. The summed E-state index contributed by atoms with van der Waals surface area (Å²) >= 11 is 0. The Balaban J connectivity index is 2.12. The summed E-state index contributed by atoms with van der Waals surface area (Å²) in [6.07, 6.45) is 5.54. The molecule has 0 amide bonds. The van der Waals surface area contributed by atoms with Gasteiger partial charge in [-0.1, -0.05) is 48.8 Å². The molecule has 106 valence electrons. The summed E-state index contributed by atoms with van der Waals surface area (Å²) in [4.78, 5) is 0. The molecule has 0 fully saturated rings. The molecule has 0 bridgehead atoms. The van der Waals surface area contributed by atoms with Crippen molar-refractivity contribution in [3.8, 4) is 17.0 Å². The van der Waals surface area contributed by atoms with E-state index in [-0.39, 0.29) is 0 Å². The van der Waals surface area contributed by atoms with Gasteiger partial charge in [-0.2, -0.15) is 0 Å². The summed E-state index contributed by atoms with van der Waals surface area (Å²) < 4.78 is 11.6. The maximum Gasteiger partial charge on any atom is 0.170 e. The molecule has 2 rings (SSSR count). The zero-order valence-electron chi connectivity index (χ0n) is 11.5. The van der Waals surface area contributed by atoms with Gasteiger partial charge in [0.05, 0.1) is 0 Å². The van der Waals surface area contributed by atoms with E-state index in [0.717, 1.165) is 13.7 Å². The first-order valence-corrected chi connectivity index (χ1v) is 8.02. The Morgan fingerprint density at radius 3 is 2.52 bits per heavy atom. The summed E-state index contributed by atoms with van der Waals surface area (Å²) in [5.74, 6) is 5.76. The summed E-state index contributed by atoms with van der Waals surface area (Å²) in [6.45, 7) is 3.87. The summed E-state index contributed by atoms with van der Waals surface area (Å²) in [5.41, 5.74) is 0.862. The van der Waals surface area contributed by atoms with Gasteiger partial charge in [0, 0.05) is 0 Å². The largest absolute Gasteiger partial charge is 0.454 e. The van der Waals surface area contributed by atoms with Crippen molar-refractivity contribution in [1.29, 1.82) is 0 Å². The zero-order valence-corrected chi connectivity index (χ0v) is 13.5. The molecule has 0 aliphatic rings. The smallest absolute Gasteiger partial charge is 0.170 e.